The Morgan fingerprint density at radius 2 is 1.96 bits per heavy atom. The first-order valence-corrected chi connectivity index (χ1v) is 9.12. The average Bonchev–Trinajstić information content (AvgIpc) is 2.99. The normalized spacial score (nSPS) is 19.0. The molecule has 0 aliphatic carbocycles. The number of hydrogen-bond acceptors (Lipinski definition) is 4. The van der Waals surface area contributed by atoms with Gasteiger partial charge in [0.05, 0.1) is 11.4 Å². The van der Waals surface area contributed by atoms with Crippen molar-refractivity contribution in [3.63, 3.8) is 0 Å². The van der Waals surface area contributed by atoms with Gasteiger partial charge < -0.3 is 4.74 Å². The zero-order valence-corrected chi connectivity index (χ0v) is 14.2. The van der Waals surface area contributed by atoms with Crippen LogP contribution in [0.15, 0.2) is 47.5 Å². The van der Waals surface area contributed by atoms with Crippen LogP contribution in [0.25, 0.3) is 0 Å². The van der Waals surface area contributed by atoms with Gasteiger partial charge in [0.25, 0.3) is 0 Å². The van der Waals surface area contributed by atoms with Crippen LogP contribution in [-0.2, 0) is 10.0 Å². The first-order chi connectivity index (χ1) is 10.9. The van der Waals surface area contributed by atoms with E-state index in [0.29, 0.717) is 30.4 Å². The second kappa shape index (κ2) is 6.47. The molecular formula is C16H17ClN2O3S. The minimum Gasteiger partial charge on any atom is -0.473 e. The van der Waals surface area contributed by atoms with Crippen LogP contribution in [0.5, 0.6) is 5.88 Å². The first-order valence-electron chi connectivity index (χ1n) is 7.30. The van der Waals surface area contributed by atoms with Gasteiger partial charge >= 0.3 is 0 Å². The maximum absolute atomic E-state index is 12.6. The lowest BCUT2D eigenvalue weighted by Crippen LogP contribution is -2.31. The van der Waals surface area contributed by atoms with Crippen LogP contribution in [0.2, 0.25) is 5.02 Å². The van der Waals surface area contributed by atoms with E-state index in [1.807, 2.05) is 13.0 Å². The predicted octanol–water partition coefficient (Wildman–Crippen LogP) is 2.89. The fourth-order valence-electron chi connectivity index (χ4n) is 2.46. The molecule has 1 aliphatic heterocycles. The van der Waals surface area contributed by atoms with Crippen molar-refractivity contribution in [3.8, 4) is 5.88 Å². The zero-order valence-electron chi connectivity index (χ0n) is 12.6. The molecule has 5 nitrogen and oxygen atoms in total. The summed E-state index contributed by atoms with van der Waals surface area (Å²) < 4.78 is 32.4. The Labute approximate surface area is 140 Å². The Hall–Kier alpha value is -1.63. The fourth-order valence-corrected chi connectivity index (χ4v) is 4.07. The topological polar surface area (TPSA) is 59.5 Å². The van der Waals surface area contributed by atoms with E-state index in [1.54, 1.807) is 24.4 Å². The summed E-state index contributed by atoms with van der Waals surface area (Å²) >= 11 is 5.81. The Morgan fingerprint density at radius 1 is 1.22 bits per heavy atom. The van der Waals surface area contributed by atoms with Gasteiger partial charge in [-0.15, -0.1) is 0 Å². The van der Waals surface area contributed by atoms with Crippen molar-refractivity contribution < 1.29 is 13.2 Å². The predicted molar refractivity (Wildman–Crippen MR) is 88.2 cm³/mol. The van der Waals surface area contributed by atoms with Crippen molar-refractivity contribution >= 4 is 21.6 Å². The second-order valence-electron chi connectivity index (χ2n) is 5.52. The molecule has 1 fully saturated rings. The lowest BCUT2D eigenvalue weighted by molar-refractivity contribution is 0.207. The molecule has 7 heteroatoms. The Morgan fingerprint density at radius 3 is 2.61 bits per heavy atom. The maximum Gasteiger partial charge on any atom is 0.243 e. The highest BCUT2D eigenvalue weighted by molar-refractivity contribution is 7.89. The van der Waals surface area contributed by atoms with Gasteiger partial charge in [0, 0.05) is 23.8 Å². The zero-order chi connectivity index (χ0) is 16.4. The molecule has 122 valence electrons. The number of rotatable bonds is 4. The van der Waals surface area contributed by atoms with Gasteiger partial charge in [-0.25, -0.2) is 13.4 Å². The van der Waals surface area contributed by atoms with E-state index < -0.39 is 10.0 Å². The van der Waals surface area contributed by atoms with Crippen LogP contribution in [0.3, 0.4) is 0 Å². The monoisotopic (exact) mass is 352 g/mol. The van der Waals surface area contributed by atoms with Gasteiger partial charge in [-0.05, 0) is 43.2 Å². The Bertz CT molecular complexity index is 776. The minimum absolute atomic E-state index is 0.188. The van der Waals surface area contributed by atoms with E-state index in [2.05, 4.69) is 4.98 Å². The molecule has 0 amide bonds. The molecule has 0 radical (unpaired) electrons. The standard InChI is InChI=1S/C16H17ClN2O3S/c1-12-2-7-16(18-10-12)22-14-8-9-19(11-14)23(20,21)15-5-3-13(17)4-6-15/h2-7,10,14H,8-9,11H2,1H3. The number of hydrogen-bond donors (Lipinski definition) is 0. The summed E-state index contributed by atoms with van der Waals surface area (Å²) in [6, 6.07) is 9.91. The number of halogens is 1. The third kappa shape index (κ3) is 3.65. The molecule has 23 heavy (non-hydrogen) atoms. The summed E-state index contributed by atoms with van der Waals surface area (Å²) in [4.78, 5) is 4.44. The quantitative estimate of drug-likeness (QED) is 0.849. The summed E-state index contributed by atoms with van der Waals surface area (Å²) in [6.45, 7) is 2.70. The van der Waals surface area contributed by atoms with Crippen LogP contribution in [0, 0.1) is 6.92 Å². The molecule has 0 N–H and O–H groups in total. The third-order valence-corrected chi connectivity index (χ3v) is 5.86. The van der Waals surface area contributed by atoms with Crippen molar-refractivity contribution in [2.45, 2.75) is 24.3 Å². The third-order valence-electron chi connectivity index (χ3n) is 3.73. The number of ether oxygens (including phenoxy) is 1. The van der Waals surface area contributed by atoms with Gasteiger partial charge in [0.2, 0.25) is 15.9 Å². The first kappa shape index (κ1) is 16.2. The Balaban J connectivity index is 1.69. The summed E-state index contributed by atoms with van der Waals surface area (Å²) in [7, 11) is -3.51. The largest absolute Gasteiger partial charge is 0.473 e. The van der Waals surface area contributed by atoms with E-state index >= 15 is 0 Å². The highest BCUT2D eigenvalue weighted by Crippen LogP contribution is 2.24. The molecule has 1 aliphatic rings. The van der Waals surface area contributed by atoms with Gasteiger partial charge in [-0.1, -0.05) is 17.7 Å². The molecule has 1 aromatic heterocycles. The van der Waals surface area contributed by atoms with E-state index in [0.717, 1.165) is 5.56 Å². The minimum atomic E-state index is -3.51. The lowest BCUT2D eigenvalue weighted by atomic mass is 10.3. The van der Waals surface area contributed by atoms with Gasteiger partial charge in [-0.3, -0.25) is 0 Å². The molecule has 1 atom stereocenters. The van der Waals surface area contributed by atoms with E-state index in [-0.39, 0.29) is 11.0 Å². The Kier molecular flexibility index (Phi) is 4.57. The van der Waals surface area contributed by atoms with Crippen molar-refractivity contribution in [2.75, 3.05) is 13.1 Å². The van der Waals surface area contributed by atoms with Gasteiger partial charge in [-0.2, -0.15) is 4.31 Å². The molecule has 1 unspecified atom stereocenters. The van der Waals surface area contributed by atoms with Crippen molar-refractivity contribution in [2.24, 2.45) is 0 Å². The molecule has 1 aromatic carbocycles. The molecule has 1 saturated heterocycles. The molecule has 2 heterocycles. The smallest absolute Gasteiger partial charge is 0.243 e. The van der Waals surface area contributed by atoms with E-state index in [1.165, 1.54) is 16.4 Å². The number of sulfonamides is 1. The fraction of sp³-hybridized carbons (Fsp3) is 0.312. The summed E-state index contributed by atoms with van der Waals surface area (Å²) in [5.74, 6) is 0.520. The number of aryl methyl sites for hydroxylation is 1. The van der Waals surface area contributed by atoms with Gasteiger partial charge in [0.15, 0.2) is 0 Å². The van der Waals surface area contributed by atoms with Crippen molar-refractivity contribution in [1.82, 2.24) is 9.29 Å². The van der Waals surface area contributed by atoms with Crippen LogP contribution in [-0.4, -0.2) is 36.9 Å². The van der Waals surface area contributed by atoms with E-state index in [9.17, 15) is 8.42 Å². The van der Waals surface area contributed by atoms with E-state index in [4.69, 9.17) is 16.3 Å². The van der Waals surface area contributed by atoms with Gasteiger partial charge in [0.1, 0.15) is 6.10 Å². The highest BCUT2D eigenvalue weighted by Gasteiger charge is 2.33. The second-order valence-corrected chi connectivity index (χ2v) is 7.89. The van der Waals surface area contributed by atoms with Crippen molar-refractivity contribution in [3.05, 3.63) is 53.2 Å². The van der Waals surface area contributed by atoms with Crippen LogP contribution in [0.4, 0.5) is 0 Å². The molecule has 0 bridgehead atoms. The maximum atomic E-state index is 12.6. The number of aromatic nitrogens is 1. The lowest BCUT2D eigenvalue weighted by Gasteiger charge is -2.17. The molecular weight excluding hydrogens is 336 g/mol. The average molecular weight is 353 g/mol. The van der Waals surface area contributed by atoms with Crippen molar-refractivity contribution in [1.29, 1.82) is 0 Å². The molecule has 3 rings (SSSR count). The summed E-state index contributed by atoms with van der Waals surface area (Å²) in [5.41, 5.74) is 1.05. The number of pyridine rings is 1. The number of benzene rings is 1. The molecule has 0 spiro atoms. The highest BCUT2D eigenvalue weighted by atomic mass is 35.5. The molecule has 2 aromatic rings. The number of nitrogens with zero attached hydrogens (tertiary/aromatic N) is 2. The SMILES string of the molecule is Cc1ccc(OC2CCN(S(=O)(=O)c3ccc(Cl)cc3)C2)nc1. The van der Waals surface area contributed by atoms with Crippen LogP contribution < -0.4 is 4.74 Å². The summed E-state index contributed by atoms with van der Waals surface area (Å²) in [6.07, 6.45) is 2.18. The van der Waals surface area contributed by atoms with Crippen LogP contribution in [0.1, 0.15) is 12.0 Å². The van der Waals surface area contributed by atoms with Crippen LogP contribution >= 0.6 is 11.6 Å². The molecule has 0 saturated carbocycles. The summed E-state index contributed by atoms with van der Waals surface area (Å²) in [5, 5.41) is 0.511.